The van der Waals surface area contributed by atoms with Gasteiger partial charge >= 0.3 is 0 Å². The molecule has 0 aromatic rings. The summed E-state index contributed by atoms with van der Waals surface area (Å²) in [6.07, 6.45) is 3.09. The molecule has 0 rings (SSSR count). The zero-order chi connectivity index (χ0) is 32.3. The smallest absolute Gasteiger partial charge is 0.192 e. The normalized spacial score (nSPS) is 17.8. The fourth-order valence-electron chi connectivity index (χ4n) is 4.26. The number of carbonyl (C=O) groups excluding carboxylic acids is 1. The molecule has 0 saturated carbocycles. The summed E-state index contributed by atoms with van der Waals surface area (Å²) in [5.74, 6) is 0.164. The molecular weight excluding hydrogens is 545 g/mol. The molecule has 0 fully saturated rings. The van der Waals surface area contributed by atoms with Crippen molar-refractivity contribution < 1.29 is 18.1 Å². The molecule has 7 heteroatoms. The van der Waals surface area contributed by atoms with Crippen LogP contribution in [0.4, 0.5) is 0 Å². The summed E-state index contributed by atoms with van der Waals surface area (Å²) in [5, 5.41) is 0.244. The number of hydrogen-bond acceptors (Lipinski definition) is 4. The Morgan fingerprint density at radius 2 is 1.12 bits per heavy atom. The molecule has 4 atom stereocenters. The van der Waals surface area contributed by atoms with Crippen LogP contribution in [-0.2, 0) is 18.1 Å². The minimum atomic E-state index is -2.15. The van der Waals surface area contributed by atoms with E-state index in [0.29, 0.717) is 13.0 Å². The van der Waals surface area contributed by atoms with Gasteiger partial charge in [0.1, 0.15) is 5.78 Å². The van der Waals surface area contributed by atoms with Crippen LogP contribution in [0.15, 0.2) is 12.7 Å². The third-order valence-corrected chi connectivity index (χ3v) is 24.1. The Balaban J connectivity index is 6.44. The van der Waals surface area contributed by atoms with Crippen LogP contribution in [0.2, 0.25) is 54.4 Å². The van der Waals surface area contributed by atoms with Crippen molar-refractivity contribution in [3.05, 3.63) is 12.7 Å². The van der Waals surface area contributed by atoms with Crippen LogP contribution in [-0.4, -0.2) is 49.6 Å². The first kappa shape index (κ1) is 39.9. The Labute approximate surface area is 254 Å². The number of allylic oxidation sites excluding steroid dienone is 1. The van der Waals surface area contributed by atoms with E-state index in [9.17, 15) is 4.79 Å². The Bertz CT molecular complexity index is 826. The van der Waals surface area contributed by atoms with Gasteiger partial charge < -0.3 is 13.3 Å². The average molecular weight is 615 g/mol. The van der Waals surface area contributed by atoms with E-state index in [-0.39, 0.29) is 44.9 Å². The van der Waals surface area contributed by atoms with E-state index in [2.05, 4.69) is 136 Å². The summed E-state index contributed by atoms with van der Waals surface area (Å²) in [6.45, 7) is 47.2. The Morgan fingerprint density at radius 3 is 1.50 bits per heavy atom. The van der Waals surface area contributed by atoms with Gasteiger partial charge in [0.2, 0.25) is 0 Å². The lowest BCUT2D eigenvalue weighted by Crippen LogP contribution is -2.54. The van der Waals surface area contributed by atoms with E-state index >= 15 is 0 Å². The van der Waals surface area contributed by atoms with Crippen molar-refractivity contribution in [3.63, 3.8) is 0 Å². The summed E-state index contributed by atoms with van der Waals surface area (Å²) < 4.78 is 20.7. The zero-order valence-corrected chi connectivity index (χ0v) is 33.3. The van der Waals surface area contributed by atoms with E-state index in [1.54, 1.807) is 0 Å². The highest BCUT2D eigenvalue weighted by Gasteiger charge is 2.49. The molecule has 0 aliphatic rings. The highest BCUT2D eigenvalue weighted by atomic mass is 28.4. The second kappa shape index (κ2) is 13.7. The molecule has 4 nitrogen and oxygen atoms in total. The van der Waals surface area contributed by atoms with Gasteiger partial charge in [0.15, 0.2) is 25.0 Å². The minimum absolute atomic E-state index is 0.0444. The van der Waals surface area contributed by atoms with E-state index in [0.717, 1.165) is 6.42 Å². The number of hydrogen-bond donors (Lipinski definition) is 0. The fourth-order valence-corrected chi connectivity index (χ4v) is 8.27. The third kappa shape index (κ3) is 10.3. The predicted octanol–water partition coefficient (Wildman–Crippen LogP) is 10.6. The van der Waals surface area contributed by atoms with Gasteiger partial charge in [-0.05, 0) is 73.2 Å². The van der Waals surface area contributed by atoms with Gasteiger partial charge in [-0.15, -0.1) is 6.58 Å². The quantitative estimate of drug-likeness (QED) is 0.136. The van der Waals surface area contributed by atoms with Gasteiger partial charge in [0.25, 0.3) is 0 Å². The molecule has 0 aromatic heterocycles. The summed E-state index contributed by atoms with van der Waals surface area (Å²) in [6, 6.07) is 0. The largest absolute Gasteiger partial charge is 0.417 e. The lowest BCUT2D eigenvalue weighted by atomic mass is 9.73. The topological polar surface area (TPSA) is 44.8 Å². The molecule has 0 aromatic carbocycles. The van der Waals surface area contributed by atoms with Gasteiger partial charge in [-0.2, -0.15) is 0 Å². The molecule has 0 bridgehead atoms. The molecule has 0 saturated heterocycles. The van der Waals surface area contributed by atoms with Crippen molar-refractivity contribution in [2.24, 2.45) is 17.3 Å². The lowest BCUT2D eigenvalue weighted by Gasteiger charge is -2.47. The van der Waals surface area contributed by atoms with Crippen LogP contribution >= 0.6 is 0 Å². The van der Waals surface area contributed by atoms with Gasteiger partial charge in [0.05, 0.1) is 12.2 Å². The summed E-state index contributed by atoms with van der Waals surface area (Å²) in [7, 11) is -6.17. The van der Waals surface area contributed by atoms with Crippen molar-refractivity contribution in [2.45, 2.75) is 169 Å². The molecule has 238 valence electrons. The first-order chi connectivity index (χ1) is 17.5. The molecule has 0 radical (unpaired) electrons. The zero-order valence-electron chi connectivity index (χ0n) is 30.3. The second-order valence-electron chi connectivity index (χ2n) is 17.5. The number of ketones is 1. The maximum absolute atomic E-state index is 14.6. The molecule has 0 aliphatic heterocycles. The van der Waals surface area contributed by atoms with Gasteiger partial charge in [0, 0.05) is 17.9 Å². The first-order valence-corrected chi connectivity index (χ1v) is 24.3. The van der Waals surface area contributed by atoms with Crippen LogP contribution in [0, 0.1) is 17.3 Å². The molecule has 0 aliphatic carbocycles. The SMILES string of the molecule is C=CC[C@H](C)[C@H](O[Si](C)(C)C(C)(C)C)C(C)C(=O)C(C)(C)[C@H](CCO[Si](C)(C)C(C)(C)C)O[Si](C)(C)C(C)(C)C. The molecule has 40 heavy (non-hydrogen) atoms. The maximum atomic E-state index is 14.6. The highest BCUT2D eigenvalue weighted by molar-refractivity contribution is 6.75. The van der Waals surface area contributed by atoms with Crippen molar-refractivity contribution in [2.75, 3.05) is 6.61 Å². The highest BCUT2D eigenvalue weighted by Crippen LogP contribution is 2.44. The molecular formula is C33H70O4Si3. The number of carbonyl (C=O) groups is 1. The Kier molecular flexibility index (Phi) is 13.7. The fraction of sp³-hybridized carbons (Fsp3) is 0.909. The molecule has 0 N–H and O–H groups in total. The minimum Gasteiger partial charge on any atom is -0.417 e. The average Bonchev–Trinajstić information content (AvgIpc) is 2.73. The number of rotatable bonds is 15. The third-order valence-electron chi connectivity index (χ3n) is 10.6. The van der Waals surface area contributed by atoms with Crippen molar-refractivity contribution in [1.29, 1.82) is 0 Å². The van der Waals surface area contributed by atoms with Crippen LogP contribution in [0.25, 0.3) is 0 Å². The van der Waals surface area contributed by atoms with E-state index in [4.69, 9.17) is 13.3 Å². The van der Waals surface area contributed by atoms with Crippen molar-refractivity contribution >= 4 is 30.7 Å². The summed E-state index contributed by atoms with van der Waals surface area (Å²) in [5.41, 5.74) is -0.686. The van der Waals surface area contributed by atoms with Gasteiger partial charge in [-0.3, -0.25) is 4.79 Å². The number of Topliss-reactive ketones (excluding diaryl/α,β-unsaturated/α-hetero) is 1. The van der Waals surface area contributed by atoms with Crippen LogP contribution < -0.4 is 0 Å². The van der Waals surface area contributed by atoms with E-state index < -0.39 is 30.4 Å². The molecule has 0 heterocycles. The Hall–Kier alpha value is -0.0594. The monoisotopic (exact) mass is 614 g/mol. The van der Waals surface area contributed by atoms with Gasteiger partial charge in [-0.25, -0.2) is 0 Å². The Morgan fingerprint density at radius 1 is 0.725 bits per heavy atom. The van der Waals surface area contributed by atoms with Gasteiger partial charge in [-0.1, -0.05) is 96.1 Å². The van der Waals surface area contributed by atoms with Crippen LogP contribution in [0.5, 0.6) is 0 Å². The van der Waals surface area contributed by atoms with Crippen molar-refractivity contribution in [1.82, 2.24) is 0 Å². The molecule has 0 spiro atoms. The lowest BCUT2D eigenvalue weighted by molar-refractivity contribution is -0.140. The first-order valence-electron chi connectivity index (χ1n) is 15.6. The predicted molar refractivity (Wildman–Crippen MR) is 184 cm³/mol. The van der Waals surface area contributed by atoms with E-state index in [1.165, 1.54) is 0 Å². The molecule has 1 unspecified atom stereocenters. The maximum Gasteiger partial charge on any atom is 0.192 e. The van der Waals surface area contributed by atoms with E-state index in [1.807, 2.05) is 6.08 Å². The standard InChI is InChI=1S/C33H70O4Si3/c1-21-22-25(2)28(37-40(19,20)32(10,11)12)26(3)29(34)33(13,14)27(36-39(17,18)31(7,8)9)23-24-35-38(15,16)30(4,5)6/h21,25-28H,1,22-24H2,2-20H3/t25-,26?,27-,28-/m0/s1. The molecule has 0 amide bonds. The van der Waals surface area contributed by atoms with Crippen LogP contribution in [0.3, 0.4) is 0 Å². The second-order valence-corrected chi connectivity index (χ2v) is 31.8. The summed E-state index contributed by atoms with van der Waals surface area (Å²) in [4.78, 5) is 14.6. The van der Waals surface area contributed by atoms with Crippen LogP contribution in [0.1, 0.15) is 103 Å². The summed E-state index contributed by atoms with van der Waals surface area (Å²) >= 11 is 0. The van der Waals surface area contributed by atoms with Crippen molar-refractivity contribution in [3.8, 4) is 0 Å².